The van der Waals surface area contributed by atoms with Gasteiger partial charge in [0.1, 0.15) is 5.75 Å². The molecule has 3 nitrogen and oxygen atoms in total. The number of carbonyl (C=O) groups is 1. The molecule has 19 heavy (non-hydrogen) atoms. The second kappa shape index (κ2) is 6.84. The van der Waals surface area contributed by atoms with Crippen LogP contribution in [0.5, 0.6) is 5.75 Å². The number of hydrogen-bond donors (Lipinski definition) is 1. The molecule has 0 aliphatic heterocycles. The summed E-state index contributed by atoms with van der Waals surface area (Å²) in [5.74, 6) is -3.45. The van der Waals surface area contributed by atoms with E-state index in [1.165, 1.54) is 25.3 Å². The van der Waals surface area contributed by atoms with Crippen LogP contribution in [-0.4, -0.2) is 18.2 Å². The molecule has 1 aromatic rings. The van der Waals surface area contributed by atoms with Gasteiger partial charge in [-0.2, -0.15) is 0 Å². The van der Waals surface area contributed by atoms with Crippen molar-refractivity contribution in [2.24, 2.45) is 0 Å². The highest BCUT2D eigenvalue weighted by Gasteiger charge is 2.33. The van der Waals surface area contributed by atoms with Crippen LogP contribution in [0.2, 0.25) is 0 Å². The summed E-state index contributed by atoms with van der Waals surface area (Å²) >= 11 is 3.10. The lowest BCUT2D eigenvalue weighted by atomic mass is 10.0. The second-order valence-electron chi connectivity index (χ2n) is 4.15. The van der Waals surface area contributed by atoms with E-state index < -0.39 is 11.9 Å². The maximum atomic E-state index is 14.0. The maximum absolute atomic E-state index is 14.0. The van der Waals surface area contributed by atoms with Crippen molar-refractivity contribution < 1.29 is 23.4 Å². The van der Waals surface area contributed by atoms with Crippen molar-refractivity contribution in [1.29, 1.82) is 0 Å². The number of carboxylic acid groups (broad SMARTS) is 1. The van der Waals surface area contributed by atoms with Crippen LogP contribution in [-0.2, 0) is 10.7 Å². The lowest BCUT2D eigenvalue weighted by Crippen LogP contribution is -2.14. The summed E-state index contributed by atoms with van der Waals surface area (Å²) in [6.07, 6.45) is -0.0401. The summed E-state index contributed by atoms with van der Waals surface area (Å²) in [6, 6.07) is 4.28. The Morgan fingerprint density at radius 1 is 1.42 bits per heavy atom. The molecule has 0 unspecified atom stereocenters. The fraction of sp³-hybridized carbons (Fsp3) is 0.462. The Kier molecular flexibility index (Phi) is 5.72. The van der Waals surface area contributed by atoms with Crippen LogP contribution in [0.3, 0.4) is 0 Å². The Hall–Kier alpha value is -1.17. The molecule has 1 rings (SSSR count). The summed E-state index contributed by atoms with van der Waals surface area (Å²) in [7, 11) is 1.46. The quantitative estimate of drug-likeness (QED) is 0.759. The van der Waals surface area contributed by atoms with E-state index in [2.05, 4.69) is 15.9 Å². The van der Waals surface area contributed by atoms with Gasteiger partial charge in [-0.15, -0.1) is 0 Å². The maximum Gasteiger partial charge on any atom is 0.303 e. The monoisotopic (exact) mass is 336 g/mol. The Morgan fingerprint density at radius 3 is 2.63 bits per heavy atom. The third-order valence-corrected chi connectivity index (χ3v) is 3.36. The van der Waals surface area contributed by atoms with Gasteiger partial charge in [0.2, 0.25) is 0 Å². The number of methoxy groups -OCH3 is 1. The van der Waals surface area contributed by atoms with Crippen molar-refractivity contribution in [3.8, 4) is 5.75 Å². The first-order valence-corrected chi connectivity index (χ1v) is 6.60. The Morgan fingerprint density at radius 2 is 2.11 bits per heavy atom. The van der Waals surface area contributed by atoms with Gasteiger partial charge in [0, 0.05) is 22.9 Å². The lowest BCUT2D eigenvalue weighted by Gasteiger charge is -2.18. The van der Waals surface area contributed by atoms with Crippen LogP contribution in [0.15, 0.2) is 22.7 Å². The van der Waals surface area contributed by atoms with Gasteiger partial charge in [-0.05, 0) is 31.0 Å². The van der Waals surface area contributed by atoms with Crippen LogP contribution in [0, 0.1) is 0 Å². The van der Waals surface area contributed by atoms with E-state index in [0.29, 0.717) is 5.75 Å². The first-order chi connectivity index (χ1) is 8.86. The number of ether oxygens (including phenoxy) is 1. The molecule has 0 aliphatic carbocycles. The molecule has 0 heterocycles. The van der Waals surface area contributed by atoms with Crippen LogP contribution in [0.1, 0.15) is 31.2 Å². The average molecular weight is 337 g/mol. The van der Waals surface area contributed by atoms with E-state index in [0.717, 1.165) is 0 Å². The third kappa shape index (κ3) is 4.78. The van der Waals surface area contributed by atoms with Crippen molar-refractivity contribution in [3.05, 3.63) is 28.2 Å². The smallest absolute Gasteiger partial charge is 0.303 e. The zero-order chi connectivity index (χ0) is 14.5. The summed E-state index contributed by atoms with van der Waals surface area (Å²) < 4.78 is 33.2. The van der Waals surface area contributed by atoms with Crippen molar-refractivity contribution >= 4 is 21.9 Å². The Bertz CT molecular complexity index is 450. The van der Waals surface area contributed by atoms with E-state index in [9.17, 15) is 13.6 Å². The van der Waals surface area contributed by atoms with Crippen LogP contribution in [0.25, 0.3) is 0 Å². The zero-order valence-electron chi connectivity index (χ0n) is 10.5. The van der Waals surface area contributed by atoms with Gasteiger partial charge in [-0.3, -0.25) is 4.79 Å². The second-order valence-corrected chi connectivity index (χ2v) is 5.01. The molecule has 0 radical (unpaired) electrons. The predicted molar refractivity (Wildman–Crippen MR) is 70.7 cm³/mol. The number of hydrogen-bond acceptors (Lipinski definition) is 2. The summed E-state index contributed by atoms with van der Waals surface area (Å²) in [6.45, 7) is 0. The topological polar surface area (TPSA) is 46.5 Å². The molecule has 0 atom stereocenters. The van der Waals surface area contributed by atoms with E-state index >= 15 is 0 Å². The van der Waals surface area contributed by atoms with E-state index in [4.69, 9.17) is 9.84 Å². The average Bonchev–Trinajstić information content (AvgIpc) is 2.34. The van der Waals surface area contributed by atoms with Crippen molar-refractivity contribution in [3.63, 3.8) is 0 Å². The minimum absolute atomic E-state index is 0.0835. The van der Waals surface area contributed by atoms with Gasteiger partial charge in [-0.25, -0.2) is 8.78 Å². The first kappa shape index (κ1) is 15.9. The molecule has 1 aromatic carbocycles. The molecule has 0 saturated carbocycles. The number of aliphatic carboxylic acids is 1. The lowest BCUT2D eigenvalue weighted by molar-refractivity contribution is -0.137. The molecule has 6 heteroatoms. The molecule has 0 aromatic heterocycles. The molecule has 0 bridgehead atoms. The summed E-state index contributed by atoms with van der Waals surface area (Å²) in [4.78, 5) is 10.3. The van der Waals surface area contributed by atoms with Gasteiger partial charge in [0.25, 0.3) is 5.92 Å². The summed E-state index contributed by atoms with van der Waals surface area (Å²) in [5, 5.41) is 8.45. The summed E-state index contributed by atoms with van der Waals surface area (Å²) in [5.41, 5.74) is -0.108. The molecule has 106 valence electrons. The number of halogens is 3. The third-order valence-electron chi connectivity index (χ3n) is 2.70. The molecule has 0 spiro atoms. The van der Waals surface area contributed by atoms with Gasteiger partial charge in [0.15, 0.2) is 0 Å². The minimum atomic E-state index is -2.98. The van der Waals surface area contributed by atoms with Crippen LogP contribution in [0.4, 0.5) is 8.78 Å². The predicted octanol–water partition coefficient (Wildman–Crippen LogP) is 4.19. The fourth-order valence-electron chi connectivity index (χ4n) is 1.68. The van der Waals surface area contributed by atoms with Gasteiger partial charge in [-0.1, -0.05) is 15.9 Å². The van der Waals surface area contributed by atoms with Crippen molar-refractivity contribution in [1.82, 2.24) is 0 Å². The molecular weight excluding hydrogens is 322 g/mol. The molecule has 0 saturated heterocycles. The van der Waals surface area contributed by atoms with Crippen molar-refractivity contribution in [2.75, 3.05) is 7.11 Å². The highest BCUT2D eigenvalue weighted by atomic mass is 79.9. The van der Waals surface area contributed by atoms with E-state index in [-0.39, 0.29) is 35.7 Å². The van der Waals surface area contributed by atoms with Gasteiger partial charge < -0.3 is 9.84 Å². The SMILES string of the molecule is COc1ccc(C(F)(F)CCCCC(=O)O)c(Br)c1. The van der Waals surface area contributed by atoms with Gasteiger partial charge in [0.05, 0.1) is 7.11 Å². The number of benzene rings is 1. The molecule has 0 fully saturated rings. The largest absolute Gasteiger partial charge is 0.497 e. The molecular formula is C13H15BrF2O3. The number of carboxylic acids is 1. The Labute approximate surface area is 118 Å². The van der Waals surface area contributed by atoms with E-state index in [1.807, 2.05) is 0 Å². The minimum Gasteiger partial charge on any atom is -0.497 e. The number of unbranched alkanes of at least 4 members (excludes halogenated alkanes) is 1. The van der Waals surface area contributed by atoms with Crippen molar-refractivity contribution in [2.45, 2.75) is 31.6 Å². The standard InChI is InChI=1S/C13H15BrF2O3/c1-19-9-5-6-10(11(14)8-9)13(15,16)7-3-2-4-12(17)18/h5-6,8H,2-4,7H2,1H3,(H,17,18). The number of rotatable bonds is 7. The van der Waals surface area contributed by atoms with E-state index in [1.54, 1.807) is 0 Å². The first-order valence-electron chi connectivity index (χ1n) is 5.80. The molecule has 0 amide bonds. The van der Waals surface area contributed by atoms with Crippen LogP contribution >= 0.6 is 15.9 Å². The fourth-order valence-corrected chi connectivity index (χ4v) is 2.33. The number of alkyl halides is 2. The highest BCUT2D eigenvalue weighted by Crippen LogP contribution is 2.39. The molecule has 1 N–H and O–H groups in total. The highest BCUT2D eigenvalue weighted by molar-refractivity contribution is 9.10. The Balaban J connectivity index is 2.68. The zero-order valence-corrected chi connectivity index (χ0v) is 12.0. The van der Waals surface area contributed by atoms with Gasteiger partial charge >= 0.3 is 5.97 Å². The van der Waals surface area contributed by atoms with Crippen LogP contribution < -0.4 is 4.74 Å². The normalized spacial score (nSPS) is 11.4. The molecule has 0 aliphatic rings.